The summed E-state index contributed by atoms with van der Waals surface area (Å²) in [6.45, 7) is 0.294. The number of ether oxygens (including phenoxy) is 1. The first kappa shape index (κ1) is 16.2. The molecule has 3 unspecified atom stereocenters. The first-order chi connectivity index (χ1) is 10.1. The molecule has 5 heteroatoms. The Hall–Kier alpha value is -1.20. The Kier molecular flexibility index (Phi) is 5.94. The number of rotatable bonds is 7. The minimum atomic E-state index is -2.80. The minimum absolute atomic E-state index is 0.0613. The average Bonchev–Trinajstić information content (AvgIpc) is 2.91. The smallest absolute Gasteiger partial charge is 0.387 e. The second-order valence-electron chi connectivity index (χ2n) is 5.71. The summed E-state index contributed by atoms with van der Waals surface area (Å²) in [5, 5.41) is 12.8. The van der Waals surface area contributed by atoms with Gasteiger partial charge in [0.2, 0.25) is 0 Å². The van der Waals surface area contributed by atoms with Crippen LogP contribution in [0.4, 0.5) is 8.78 Å². The van der Waals surface area contributed by atoms with Gasteiger partial charge in [0.1, 0.15) is 5.75 Å². The van der Waals surface area contributed by atoms with E-state index in [2.05, 4.69) is 10.1 Å². The van der Waals surface area contributed by atoms with Crippen molar-refractivity contribution in [2.75, 3.05) is 13.2 Å². The molecule has 1 aliphatic rings. The normalized spacial score (nSPS) is 23.5. The van der Waals surface area contributed by atoms with Gasteiger partial charge in [-0.1, -0.05) is 18.6 Å². The van der Waals surface area contributed by atoms with Gasteiger partial charge in [0.25, 0.3) is 0 Å². The molecule has 3 nitrogen and oxygen atoms in total. The molecule has 0 heterocycles. The molecule has 1 fully saturated rings. The molecular formula is C16H23F2NO2. The van der Waals surface area contributed by atoms with Crippen LogP contribution in [0.5, 0.6) is 5.75 Å². The van der Waals surface area contributed by atoms with E-state index in [1.54, 1.807) is 12.1 Å². The Bertz CT molecular complexity index is 442. The number of aliphatic hydroxyl groups excluding tert-OH is 1. The van der Waals surface area contributed by atoms with Crippen molar-refractivity contribution in [3.05, 3.63) is 29.8 Å². The Labute approximate surface area is 124 Å². The number of nitrogens with one attached hydrogen (secondary N) is 1. The molecule has 1 saturated carbocycles. The predicted molar refractivity (Wildman–Crippen MR) is 77.4 cm³/mol. The molecule has 1 aliphatic carbocycles. The third kappa shape index (κ3) is 4.64. The molecule has 118 valence electrons. The van der Waals surface area contributed by atoms with Crippen molar-refractivity contribution in [1.29, 1.82) is 0 Å². The van der Waals surface area contributed by atoms with Crippen molar-refractivity contribution < 1.29 is 18.6 Å². The Balaban J connectivity index is 1.89. The van der Waals surface area contributed by atoms with Gasteiger partial charge in [-0.25, -0.2) is 0 Å². The van der Waals surface area contributed by atoms with Crippen LogP contribution in [0.2, 0.25) is 0 Å². The molecule has 2 rings (SSSR count). The molecule has 1 aromatic carbocycles. The van der Waals surface area contributed by atoms with Gasteiger partial charge in [-0.2, -0.15) is 8.78 Å². The predicted octanol–water partition coefficient (Wildman–Crippen LogP) is 3.35. The fraction of sp³-hybridized carbons (Fsp3) is 0.625. The van der Waals surface area contributed by atoms with E-state index in [1.807, 2.05) is 13.0 Å². The van der Waals surface area contributed by atoms with Crippen LogP contribution in [0.25, 0.3) is 0 Å². The number of alkyl halides is 2. The van der Waals surface area contributed by atoms with E-state index in [9.17, 15) is 13.9 Å². The Morgan fingerprint density at radius 1 is 1.33 bits per heavy atom. The van der Waals surface area contributed by atoms with Gasteiger partial charge >= 0.3 is 6.61 Å². The summed E-state index contributed by atoms with van der Waals surface area (Å²) in [6, 6.07) is 6.85. The lowest BCUT2D eigenvalue weighted by molar-refractivity contribution is -0.0499. The maximum atomic E-state index is 12.2. The summed E-state index contributed by atoms with van der Waals surface area (Å²) in [5.74, 6) is 1.07. The highest BCUT2D eigenvalue weighted by Crippen LogP contribution is 2.31. The maximum Gasteiger partial charge on any atom is 0.387 e. The van der Waals surface area contributed by atoms with Gasteiger partial charge in [0.05, 0.1) is 0 Å². The number of hydrogen-bond acceptors (Lipinski definition) is 3. The highest BCUT2D eigenvalue weighted by molar-refractivity contribution is 5.30. The molecule has 3 atom stereocenters. The lowest BCUT2D eigenvalue weighted by atomic mass is 9.96. The first-order valence-electron chi connectivity index (χ1n) is 7.49. The highest BCUT2D eigenvalue weighted by Gasteiger charge is 2.26. The lowest BCUT2D eigenvalue weighted by Gasteiger charge is -2.21. The molecule has 1 aromatic rings. The zero-order chi connectivity index (χ0) is 15.2. The van der Waals surface area contributed by atoms with E-state index in [1.165, 1.54) is 12.5 Å². The summed E-state index contributed by atoms with van der Waals surface area (Å²) >= 11 is 0. The number of hydrogen-bond donors (Lipinski definition) is 2. The molecule has 0 aromatic heterocycles. The number of aliphatic hydroxyl groups is 1. The molecule has 0 bridgehead atoms. The molecule has 2 N–H and O–H groups in total. The Morgan fingerprint density at radius 2 is 2.10 bits per heavy atom. The van der Waals surface area contributed by atoms with Crippen molar-refractivity contribution >= 4 is 0 Å². The van der Waals surface area contributed by atoms with Crippen LogP contribution in [0.1, 0.15) is 37.8 Å². The molecule has 0 amide bonds. The summed E-state index contributed by atoms with van der Waals surface area (Å²) in [4.78, 5) is 0. The van der Waals surface area contributed by atoms with Gasteiger partial charge in [-0.05, 0) is 55.8 Å². The summed E-state index contributed by atoms with van der Waals surface area (Å²) in [6.07, 6.45) is 3.40. The SMILES string of the molecule is CC(NCC1CCCC1CO)c1cccc(OC(F)F)c1. The maximum absolute atomic E-state index is 12.2. The third-order valence-electron chi connectivity index (χ3n) is 4.32. The van der Waals surface area contributed by atoms with Gasteiger partial charge < -0.3 is 15.2 Å². The largest absolute Gasteiger partial charge is 0.435 e. The van der Waals surface area contributed by atoms with Crippen LogP contribution in [0, 0.1) is 11.8 Å². The third-order valence-corrected chi connectivity index (χ3v) is 4.32. The van der Waals surface area contributed by atoms with E-state index in [4.69, 9.17) is 0 Å². The monoisotopic (exact) mass is 299 g/mol. The van der Waals surface area contributed by atoms with E-state index in [0.29, 0.717) is 11.8 Å². The van der Waals surface area contributed by atoms with Crippen LogP contribution in [0.3, 0.4) is 0 Å². The summed E-state index contributed by atoms with van der Waals surface area (Å²) in [7, 11) is 0. The fourth-order valence-corrected chi connectivity index (χ4v) is 3.03. The highest BCUT2D eigenvalue weighted by atomic mass is 19.3. The van der Waals surface area contributed by atoms with Crippen molar-refractivity contribution in [3.8, 4) is 5.75 Å². The quantitative estimate of drug-likeness (QED) is 0.811. The van der Waals surface area contributed by atoms with Gasteiger partial charge in [0.15, 0.2) is 0 Å². The van der Waals surface area contributed by atoms with E-state index < -0.39 is 6.61 Å². The second-order valence-corrected chi connectivity index (χ2v) is 5.71. The lowest BCUT2D eigenvalue weighted by Crippen LogP contribution is -2.28. The van der Waals surface area contributed by atoms with Crippen LogP contribution >= 0.6 is 0 Å². The molecule has 21 heavy (non-hydrogen) atoms. The van der Waals surface area contributed by atoms with Gasteiger partial charge in [-0.3, -0.25) is 0 Å². The van der Waals surface area contributed by atoms with E-state index in [0.717, 1.165) is 24.9 Å². The zero-order valence-electron chi connectivity index (χ0n) is 12.3. The van der Waals surface area contributed by atoms with Gasteiger partial charge in [0, 0.05) is 12.6 Å². The zero-order valence-corrected chi connectivity index (χ0v) is 12.3. The van der Waals surface area contributed by atoms with Gasteiger partial charge in [-0.15, -0.1) is 0 Å². The minimum Gasteiger partial charge on any atom is -0.435 e. The summed E-state index contributed by atoms with van der Waals surface area (Å²) in [5.41, 5.74) is 0.923. The van der Waals surface area contributed by atoms with E-state index >= 15 is 0 Å². The molecular weight excluding hydrogens is 276 g/mol. The molecule has 0 radical (unpaired) electrons. The van der Waals surface area contributed by atoms with E-state index in [-0.39, 0.29) is 18.4 Å². The number of halogens is 2. The van der Waals surface area contributed by atoms with Crippen LogP contribution < -0.4 is 10.1 Å². The average molecular weight is 299 g/mol. The summed E-state index contributed by atoms with van der Waals surface area (Å²) < 4.78 is 28.9. The van der Waals surface area contributed by atoms with Crippen LogP contribution in [-0.2, 0) is 0 Å². The molecule has 0 saturated heterocycles. The standard InChI is InChI=1S/C16H23F2NO2/c1-11(19-9-13-5-2-6-14(13)10-20)12-4-3-7-15(8-12)21-16(17)18/h3-4,7-8,11,13-14,16,19-20H,2,5-6,9-10H2,1H3. The topological polar surface area (TPSA) is 41.5 Å². The van der Waals surface area contributed by atoms with Crippen molar-refractivity contribution in [1.82, 2.24) is 5.32 Å². The number of benzene rings is 1. The molecule has 0 aliphatic heterocycles. The van der Waals surface area contributed by atoms with Crippen LogP contribution in [0.15, 0.2) is 24.3 Å². The van der Waals surface area contributed by atoms with Crippen molar-refractivity contribution in [2.24, 2.45) is 11.8 Å². The second kappa shape index (κ2) is 7.71. The fourth-order valence-electron chi connectivity index (χ4n) is 3.03. The molecule has 0 spiro atoms. The first-order valence-corrected chi connectivity index (χ1v) is 7.49. The van der Waals surface area contributed by atoms with Crippen molar-refractivity contribution in [2.45, 2.75) is 38.8 Å². The van der Waals surface area contributed by atoms with Crippen molar-refractivity contribution in [3.63, 3.8) is 0 Å². The van der Waals surface area contributed by atoms with Crippen LogP contribution in [-0.4, -0.2) is 24.9 Å². The Morgan fingerprint density at radius 3 is 2.81 bits per heavy atom.